The topological polar surface area (TPSA) is 98.2 Å². The monoisotopic (exact) mass is 448 g/mol. The summed E-state index contributed by atoms with van der Waals surface area (Å²) >= 11 is 0. The average Bonchev–Trinajstić information content (AvgIpc) is 2.82. The van der Waals surface area contributed by atoms with Crippen LogP contribution in [0.3, 0.4) is 0 Å². The molecule has 9 heteroatoms. The zero-order valence-corrected chi connectivity index (χ0v) is 18.4. The minimum atomic E-state index is -3.85. The molecule has 0 aliphatic carbocycles. The number of aromatic nitrogens is 1. The second-order valence-electron chi connectivity index (χ2n) is 7.70. The van der Waals surface area contributed by atoms with Gasteiger partial charge >= 0.3 is 0 Å². The SMILES string of the molecule is CCc1ccc2c(n1)OCCN2S(=O)(=O)c1ccc(OCC2CCOCC2)c(CO)c1. The van der Waals surface area contributed by atoms with Crippen LogP contribution in [-0.2, 0) is 27.8 Å². The predicted molar refractivity (Wildman–Crippen MR) is 115 cm³/mol. The van der Waals surface area contributed by atoms with Gasteiger partial charge in [-0.3, -0.25) is 4.31 Å². The largest absolute Gasteiger partial charge is 0.493 e. The highest BCUT2D eigenvalue weighted by atomic mass is 32.2. The number of benzene rings is 1. The number of nitrogens with zero attached hydrogens (tertiary/aromatic N) is 2. The van der Waals surface area contributed by atoms with Crippen LogP contribution >= 0.6 is 0 Å². The van der Waals surface area contributed by atoms with E-state index in [9.17, 15) is 13.5 Å². The molecule has 0 bridgehead atoms. The van der Waals surface area contributed by atoms with Gasteiger partial charge in [-0.25, -0.2) is 13.4 Å². The first kappa shape index (κ1) is 21.9. The molecule has 0 saturated carbocycles. The number of aliphatic hydroxyl groups is 1. The molecular weight excluding hydrogens is 420 g/mol. The van der Waals surface area contributed by atoms with Gasteiger partial charge in [-0.1, -0.05) is 6.92 Å². The van der Waals surface area contributed by atoms with Crippen molar-refractivity contribution in [2.24, 2.45) is 5.92 Å². The third-order valence-electron chi connectivity index (χ3n) is 5.67. The van der Waals surface area contributed by atoms with E-state index in [0.717, 1.165) is 38.2 Å². The summed E-state index contributed by atoms with van der Waals surface area (Å²) in [7, 11) is -3.85. The molecule has 0 spiro atoms. The van der Waals surface area contributed by atoms with Crippen LogP contribution in [0.1, 0.15) is 31.0 Å². The highest BCUT2D eigenvalue weighted by Crippen LogP contribution is 2.35. The number of rotatable bonds is 7. The van der Waals surface area contributed by atoms with Gasteiger partial charge in [0.25, 0.3) is 10.0 Å². The predicted octanol–water partition coefficient (Wildman–Crippen LogP) is 2.53. The van der Waals surface area contributed by atoms with Gasteiger partial charge in [-0.2, -0.15) is 0 Å². The molecule has 3 heterocycles. The fourth-order valence-electron chi connectivity index (χ4n) is 3.79. The van der Waals surface area contributed by atoms with E-state index in [1.807, 2.05) is 13.0 Å². The number of hydrogen-bond acceptors (Lipinski definition) is 7. The second kappa shape index (κ2) is 9.42. The molecule has 1 aromatic heterocycles. The van der Waals surface area contributed by atoms with Crippen molar-refractivity contribution in [2.75, 3.05) is 37.3 Å². The quantitative estimate of drug-likeness (QED) is 0.695. The Labute approximate surface area is 182 Å². The molecule has 0 atom stereocenters. The Kier molecular flexibility index (Phi) is 6.64. The Hall–Kier alpha value is -2.36. The van der Waals surface area contributed by atoms with Crippen molar-refractivity contribution < 1.29 is 27.7 Å². The third kappa shape index (κ3) is 4.63. The lowest BCUT2D eigenvalue weighted by molar-refractivity contribution is 0.0494. The van der Waals surface area contributed by atoms with E-state index in [0.29, 0.717) is 35.4 Å². The van der Waals surface area contributed by atoms with Crippen LogP contribution in [0.4, 0.5) is 5.69 Å². The van der Waals surface area contributed by atoms with Gasteiger partial charge in [0.1, 0.15) is 18.0 Å². The average molecular weight is 449 g/mol. The third-order valence-corrected chi connectivity index (χ3v) is 7.48. The van der Waals surface area contributed by atoms with E-state index in [4.69, 9.17) is 14.2 Å². The molecule has 1 saturated heterocycles. The van der Waals surface area contributed by atoms with Crippen LogP contribution in [0.2, 0.25) is 0 Å². The molecule has 2 aromatic rings. The minimum absolute atomic E-state index is 0.0994. The number of aliphatic hydroxyl groups excluding tert-OH is 1. The lowest BCUT2D eigenvalue weighted by Crippen LogP contribution is -2.38. The molecule has 1 aromatic carbocycles. The molecule has 168 valence electrons. The summed E-state index contributed by atoms with van der Waals surface area (Å²) in [5.74, 6) is 1.23. The molecule has 8 nitrogen and oxygen atoms in total. The van der Waals surface area contributed by atoms with Gasteiger partial charge < -0.3 is 19.3 Å². The summed E-state index contributed by atoms with van der Waals surface area (Å²) < 4.78 is 45.0. The van der Waals surface area contributed by atoms with Crippen LogP contribution in [0, 0.1) is 5.92 Å². The fourth-order valence-corrected chi connectivity index (χ4v) is 5.29. The zero-order valence-electron chi connectivity index (χ0n) is 17.6. The summed E-state index contributed by atoms with van der Waals surface area (Å²) in [6, 6.07) is 8.17. The molecule has 0 radical (unpaired) electrons. The van der Waals surface area contributed by atoms with E-state index in [2.05, 4.69) is 4.98 Å². The van der Waals surface area contributed by atoms with Crippen molar-refractivity contribution in [1.82, 2.24) is 4.98 Å². The van der Waals surface area contributed by atoms with E-state index >= 15 is 0 Å². The Morgan fingerprint density at radius 3 is 2.74 bits per heavy atom. The first-order chi connectivity index (χ1) is 15.0. The van der Waals surface area contributed by atoms with Gasteiger partial charge in [0.15, 0.2) is 0 Å². The van der Waals surface area contributed by atoms with Gasteiger partial charge in [-0.15, -0.1) is 0 Å². The van der Waals surface area contributed by atoms with Crippen molar-refractivity contribution in [3.63, 3.8) is 0 Å². The number of ether oxygens (including phenoxy) is 3. The first-order valence-electron chi connectivity index (χ1n) is 10.6. The maximum atomic E-state index is 13.4. The maximum absolute atomic E-state index is 13.4. The summed E-state index contributed by atoms with van der Waals surface area (Å²) in [6.07, 6.45) is 2.61. The normalized spacial score (nSPS) is 17.2. The molecule has 0 unspecified atom stereocenters. The van der Waals surface area contributed by atoms with Crippen LogP contribution in [0.25, 0.3) is 0 Å². The molecule has 0 amide bonds. The number of anilines is 1. The Morgan fingerprint density at radius 1 is 1.19 bits per heavy atom. The molecule has 1 fully saturated rings. The van der Waals surface area contributed by atoms with Crippen molar-refractivity contribution in [3.05, 3.63) is 41.6 Å². The Bertz CT molecular complexity index is 1020. The minimum Gasteiger partial charge on any atom is -0.493 e. The number of pyridine rings is 1. The molecule has 4 rings (SSSR count). The van der Waals surface area contributed by atoms with Gasteiger partial charge in [0.05, 0.1) is 24.7 Å². The van der Waals surface area contributed by atoms with Crippen LogP contribution < -0.4 is 13.8 Å². The van der Waals surface area contributed by atoms with Crippen LogP contribution in [-0.4, -0.2) is 51.5 Å². The Balaban J connectivity index is 1.57. The Morgan fingerprint density at radius 2 is 2.00 bits per heavy atom. The standard InChI is InChI=1S/C22H28N2O6S/c1-2-18-3-5-20-22(23-18)29-12-9-24(20)31(26,27)19-4-6-21(17(13-19)14-25)30-15-16-7-10-28-11-8-16/h3-6,13,16,25H,2,7-12,14-15H2,1H3. The number of fused-ring (bicyclic) bond motifs is 1. The number of sulfonamides is 1. The highest BCUT2D eigenvalue weighted by molar-refractivity contribution is 7.92. The van der Waals surface area contributed by atoms with E-state index in [-0.39, 0.29) is 24.7 Å². The highest BCUT2D eigenvalue weighted by Gasteiger charge is 2.31. The van der Waals surface area contributed by atoms with Crippen LogP contribution in [0.5, 0.6) is 11.6 Å². The van der Waals surface area contributed by atoms with Crippen LogP contribution in [0.15, 0.2) is 35.2 Å². The van der Waals surface area contributed by atoms with Crippen molar-refractivity contribution in [2.45, 2.75) is 37.7 Å². The molecule has 2 aliphatic rings. The smallest absolute Gasteiger partial charge is 0.264 e. The fraction of sp³-hybridized carbons (Fsp3) is 0.500. The van der Waals surface area contributed by atoms with E-state index < -0.39 is 10.0 Å². The first-order valence-corrected chi connectivity index (χ1v) is 12.1. The maximum Gasteiger partial charge on any atom is 0.264 e. The van der Waals surface area contributed by atoms with E-state index in [1.165, 1.54) is 16.4 Å². The molecular formula is C22H28N2O6S. The summed E-state index contributed by atoms with van der Waals surface area (Å²) in [5.41, 5.74) is 1.71. The molecule has 31 heavy (non-hydrogen) atoms. The summed E-state index contributed by atoms with van der Waals surface area (Å²) in [5, 5.41) is 9.83. The molecule has 2 aliphatic heterocycles. The lowest BCUT2D eigenvalue weighted by Gasteiger charge is -2.30. The molecule has 1 N–H and O–H groups in total. The number of aryl methyl sites for hydroxylation is 1. The van der Waals surface area contributed by atoms with Gasteiger partial charge in [0, 0.05) is 24.5 Å². The lowest BCUT2D eigenvalue weighted by atomic mass is 10.0. The zero-order chi connectivity index (χ0) is 21.8. The summed E-state index contributed by atoms with van der Waals surface area (Å²) in [4.78, 5) is 4.51. The van der Waals surface area contributed by atoms with Gasteiger partial charge in [-0.05, 0) is 55.5 Å². The van der Waals surface area contributed by atoms with E-state index in [1.54, 1.807) is 12.1 Å². The second-order valence-corrected chi connectivity index (χ2v) is 9.56. The van der Waals surface area contributed by atoms with Crippen molar-refractivity contribution in [1.29, 1.82) is 0 Å². The van der Waals surface area contributed by atoms with Gasteiger partial charge in [0.2, 0.25) is 5.88 Å². The van der Waals surface area contributed by atoms with Crippen molar-refractivity contribution >= 4 is 15.7 Å². The van der Waals surface area contributed by atoms with Crippen molar-refractivity contribution in [3.8, 4) is 11.6 Å². The summed E-state index contributed by atoms with van der Waals surface area (Å²) in [6.45, 7) is 4.07. The number of hydrogen-bond donors (Lipinski definition) is 1.